The fraction of sp³-hybridized carbons (Fsp3) is 0.483. The van der Waals surface area contributed by atoms with E-state index in [-0.39, 0.29) is 23.5 Å². The summed E-state index contributed by atoms with van der Waals surface area (Å²) in [5.74, 6) is 0.984. The van der Waals surface area contributed by atoms with E-state index in [1.54, 1.807) is 4.90 Å². The summed E-state index contributed by atoms with van der Waals surface area (Å²) in [6.45, 7) is 17.9. The van der Waals surface area contributed by atoms with Crippen LogP contribution in [0.1, 0.15) is 89.7 Å². The van der Waals surface area contributed by atoms with Crippen LogP contribution in [-0.4, -0.2) is 29.7 Å². The predicted octanol–water partition coefficient (Wildman–Crippen LogP) is 7.90. The molecule has 4 nitrogen and oxygen atoms in total. The van der Waals surface area contributed by atoms with E-state index in [1.807, 2.05) is 39.0 Å². The Morgan fingerprint density at radius 2 is 1.68 bits per heavy atom. The van der Waals surface area contributed by atoms with Crippen molar-refractivity contribution in [3.05, 3.63) is 69.2 Å². The summed E-state index contributed by atoms with van der Waals surface area (Å²) < 4.78 is 12.2. The summed E-state index contributed by atoms with van der Waals surface area (Å²) in [5, 5.41) is 0.670. The maximum absolute atomic E-state index is 12.4. The summed E-state index contributed by atoms with van der Waals surface area (Å²) in [5.41, 5.74) is 6.98. The largest absolute Gasteiger partial charge is 0.481 e. The third-order valence-corrected chi connectivity index (χ3v) is 6.97. The van der Waals surface area contributed by atoms with Crippen LogP contribution in [0.3, 0.4) is 0 Å². The van der Waals surface area contributed by atoms with E-state index in [0.29, 0.717) is 18.1 Å². The third kappa shape index (κ3) is 4.70. The Morgan fingerprint density at radius 3 is 2.29 bits per heavy atom. The van der Waals surface area contributed by atoms with E-state index in [2.05, 4.69) is 52.8 Å². The second-order valence-electron chi connectivity index (χ2n) is 11.6. The van der Waals surface area contributed by atoms with Crippen molar-refractivity contribution in [2.75, 3.05) is 13.1 Å². The number of likely N-dealkylation sites (tertiary alicyclic amines) is 1. The first-order valence-electron chi connectivity index (χ1n) is 12.0. The van der Waals surface area contributed by atoms with Crippen molar-refractivity contribution in [3.63, 3.8) is 0 Å². The molecular weight excluding hydrogens is 446 g/mol. The molecule has 2 aromatic carbocycles. The van der Waals surface area contributed by atoms with Crippen molar-refractivity contribution in [2.24, 2.45) is 0 Å². The summed E-state index contributed by atoms with van der Waals surface area (Å²) in [4.78, 5) is 14.2. The monoisotopic (exact) mass is 481 g/mol. The van der Waals surface area contributed by atoms with Crippen molar-refractivity contribution < 1.29 is 14.3 Å². The topological polar surface area (TPSA) is 38.8 Å². The van der Waals surface area contributed by atoms with Crippen LogP contribution < -0.4 is 4.74 Å². The number of carbonyl (C=O) groups excluding carboxylic acids is 1. The highest BCUT2D eigenvalue weighted by molar-refractivity contribution is 6.30. The molecule has 182 valence electrons. The highest BCUT2D eigenvalue weighted by Crippen LogP contribution is 2.47. The Hall–Kier alpha value is -2.46. The normalized spacial score (nSPS) is 18.6. The second kappa shape index (κ2) is 8.64. The molecule has 0 radical (unpaired) electrons. The van der Waals surface area contributed by atoms with Crippen LogP contribution in [0.25, 0.3) is 5.57 Å². The summed E-state index contributed by atoms with van der Waals surface area (Å²) in [6.07, 6.45) is -0.415. The van der Waals surface area contributed by atoms with Crippen LogP contribution in [0.2, 0.25) is 5.02 Å². The number of amides is 1. The number of allylic oxidation sites excluding steroid dienone is 1. The first kappa shape index (κ1) is 24.7. The quantitative estimate of drug-likeness (QED) is 0.447. The minimum absolute atomic E-state index is 0.0459. The van der Waals surface area contributed by atoms with Crippen LogP contribution in [0, 0.1) is 0 Å². The number of halogens is 1. The van der Waals surface area contributed by atoms with Crippen molar-refractivity contribution in [1.82, 2.24) is 4.90 Å². The van der Waals surface area contributed by atoms with Crippen LogP contribution in [0.4, 0.5) is 4.79 Å². The van der Waals surface area contributed by atoms with Gasteiger partial charge in [0.05, 0.1) is 0 Å². The van der Waals surface area contributed by atoms with Gasteiger partial charge in [-0.15, -0.1) is 0 Å². The minimum Gasteiger partial charge on any atom is -0.481 e. The van der Waals surface area contributed by atoms with E-state index < -0.39 is 5.60 Å². The van der Waals surface area contributed by atoms with Crippen LogP contribution >= 0.6 is 11.6 Å². The van der Waals surface area contributed by atoms with E-state index in [4.69, 9.17) is 21.1 Å². The molecule has 1 saturated heterocycles. The number of ether oxygens (including phenoxy) is 2. The summed E-state index contributed by atoms with van der Waals surface area (Å²) >= 11 is 6.38. The number of rotatable bonds is 3. The molecule has 2 aliphatic rings. The van der Waals surface area contributed by atoms with Gasteiger partial charge in [-0.1, -0.05) is 50.6 Å². The van der Waals surface area contributed by atoms with E-state index in [0.717, 1.165) is 11.3 Å². The van der Waals surface area contributed by atoms with Gasteiger partial charge in [0, 0.05) is 35.2 Å². The minimum atomic E-state index is -0.504. The Labute approximate surface area is 208 Å². The first-order chi connectivity index (χ1) is 15.8. The SMILES string of the molecule is CC1=C(C)C(Oc2ccc(Cl)cc2C2CN(C(=O)OC(C)(C)C)C2)c2cccc(C(C)(C)C)c21. The lowest BCUT2D eigenvalue weighted by molar-refractivity contribution is 0.00789. The molecule has 1 atom stereocenters. The Balaban J connectivity index is 1.60. The van der Waals surface area contributed by atoms with Gasteiger partial charge in [0.25, 0.3) is 0 Å². The molecule has 1 fully saturated rings. The van der Waals surface area contributed by atoms with Gasteiger partial charge in [-0.25, -0.2) is 4.79 Å². The molecule has 2 aromatic rings. The number of fused-ring (bicyclic) bond motifs is 1. The Kier molecular flexibility index (Phi) is 6.27. The zero-order chi connectivity index (χ0) is 25.0. The maximum Gasteiger partial charge on any atom is 0.410 e. The van der Waals surface area contributed by atoms with Crippen LogP contribution in [0.15, 0.2) is 42.0 Å². The highest BCUT2D eigenvalue weighted by Gasteiger charge is 2.38. The molecule has 0 spiro atoms. The lowest BCUT2D eigenvalue weighted by atomic mass is 9.81. The fourth-order valence-electron chi connectivity index (χ4n) is 4.83. The second-order valence-corrected chi connectivity index (χ2v) is 12.0. The lowest BCUT2D eigenvalue weighted by Crippen LogP contribution is -2.50. The summed E-state index contributed by atoms with van der Waals surface area (Å²) in [7, 11) is 0. The van der Waals surface area contributed by atoms with E-state index >= 15 is 0 Å². The maximum atomic E-state index is 12.4. The highest BCUT2D eigenvalue weighted by atomic mass is 35.5. The number of hydrogen-bond donors (Lipinski definition) is 0. The molecule has 1 unspecified atom stereocenters. The van der Waals surface area contributed by atoms with E-state index in [9.17, 15) is 4.79 Å². The average molecular weight is 482 g/mol. The lowest BCUT2D eigenvalue weighted by Gasteiger charge is -2.40. The molecule has 0 aromatic heterocycles. The van der Waals surface area contributed by atoms with Crippen LogP contribution in [0.5, 0.6) is 5.75 Å². The Bertz CT molecular complexity index is 1150. The molecule has 1 aliphatic heterocycles. The van der Waals surface area contributed by atoms with Gasteiger partial charge in [-0.05, 0) is 80.5 Å². The molecule has 0 saturated carbocycles. The van der Waals surface area contributed by atoms with Crippen molar-refractivity contribution >= 4 is 23.3 Å². The molecule has 0 N–H and O–H groups in total. The molecule has 1 aliphatic carbocycles. The van der Waals surface area contributed by atoms with Gasteiger partial charge >= 0.3 is 6.09 Å². The third-order valence-electron chi connectivity index (χ3n) is 6.74. The van der Waals surface area contributed by atoms with Gasteiger partial charge in [0.1, 0.15) is 17.5 Å². The average Bonchev–Trinajstić information content (AvgIpc) is 2.91. The van der Waals surface area contributed by atoms with Gasteiger partial charge in [0.15, 0.2) is 0 Å². The number of benzene rings is 2. The number of carbonyl (C=O) groups is 1. The fourth-order valence-corrected chi connectivity index (χ4v) is 5.02. The van der Waals surface area contributed by atoms with E-state index in [1.165, 1.54) is 27.8 Å². The zero-order valence-corrected chi connectivity index (χ0v) is 22.3. The van der Waals surface area contributed by atoms with Crippen molar-refractivity contribution in [1.29, 1.82) is 0 Å². The molecule has 5 heteroatoms. The molecule has 0 bridgehead atoms. The number of hydrogen-bond acceptors (Lipinski definition) is 3. The molecular formula is C29H36ClNO3. The standard InChI is InChI=1S/C29H36ClNO3/c1-17-18(2)26(21-10-9-11-23(25(17)21)28(3,4)5)33-24-13-12-20(30)14-22(24)19-15-31(16-19)27(32)34-29(6,7)8/h9-14,19,26H,15-16H2,1-8H3. The molecule has 34 heavy (non-hydrogen) atoms. The molecule has 1 amide bonds. The smallest absolute Gasteiger partial charge is 0.410 e. The molecule has 4 rings (SSSR count). The first-order valence-corrected chi connectivity index (χ1v) is 12.4. The van der Waals surface area contributed by atoms with Gasteiger partial charge in [-0.3, -0.25) is 0 Å². The van der Waals surface area contributed by atoms with Crippen molar-refractivity contribution in [3.8, 4) is 5.75 Å². The summed E-state index contributed by atoms with van der Waals surface area (Å²) in [6, 6.07) is 12.3. The van der Waals surface area contributed by atoms with Gasteiger partial charge < -0.3 is 14.4 Å². The van der Waals surface area contributed by atoms with Gasteiger partial charge in [0.2, 0.25) is 0 Å². The Morgan fingerprint density at radius 1 is 1.00 bits per heavy atom. The molecule has 1 heterocycles. The predicted molar refractivity (Wildman–Crippen MR) is 139 cm³/mol. The zero-order valence-electron chi connectivity index (χ0n) is 21.6. The van der Waals surface area contributed by atoms with Gasteiger partial charge in [-0.2, -0.15) is 0 Å². The van der Waals surface area contributed by atoms with Crippen LogP contribution in [-0.2, 0) is 10.2 Å². The number of nitrogens with zero attached hydrogens (tertiary/aromatic N) is 1. The van der Waals surface area contributed by atoms with Crippen molar-refractivity contribution in [2.45, 2.75) is 78.4 Å².